The first-order valence-electron chi connectivity index (χ1n) is 21.5. The highest BCUT2D eigenvalue weighted by atomic mass is 16.4. The van der Waals surface area contributed by atoms with Crippen LogP contribution in [-0.2, 0) is 47.9 Å². The number of rotatable bonds is 29. The number of aliphatic hydroxyl groups is 1. The van der Waals surface area contributed by atoms with Gasteiger partial charge in [-0.25, -0.2) is 4.79 Å². The van der Waals surface area contributed by atoms with Gasteiger partial charge in [0.05, 0.1) is 25.6 Å². The molecule has 0 aromatic rings. The monoisotopic (exact) mass is 899 g/mol. The maximum Gasteiger partial charge on any atom is 0.326 e. The highest BCUT2D eigenvalue weighted by Crippen LogP contribution is 2.14. The van der Waals surface area contributed by atoms with Gasteiger partial charge < -0.3 is 64.2 Å². The van der Waals surface area contributed by atoms with Crippen molar-refractivity contribution in [2.75, 3.05) is 13.2 Å². The number of carboxylic acid groups (broad SMARTS) is 1. The smallest absolute Gasteiger partial charge is 0.326 e. The Bertz CT molecular complexity index is 1590. The van der Waals surface area contributed by atoms with Crippen LogP contribution in [0.15, 0.2) is 0 Å². The molecule has 14 N–H and O–H groups in total. The number of aliphatic carboxylic acids is 1. The lowest BCUT2D eigenvalue weighted by Gasteiger charge is -2.30. The fourth-order valence-electron chi connectivity index (χ4n) is 5.95. The standard InChI is InChI=1S/C41H74N10O12/c1-12-22(9)32(40(61)51-33(41(62)63)23(10)13-2)50-38(59)26(15-20(5)6)47-34(55)24(11)45-36(57)25(14-19(3)4)48-37(58)27(16-29(42)53)46-30(54)17-44-35(56)28(18-52)49-39(60)31(43)21(7)8/h19-28,31-33,52H,12-18,43H2,1-11H3,(H2,42,53)(H,44,56)(H,45,57)(H,46,54)(H,47,55)(H,48,58)(H,49,60)(H,50,59)(H,51,61)(H,62,63)/t22-,23-,24-,25-,26-,27-,28-,31-,32-,33-/m0/s1. The fraction of sp³-hybridized carbons (Fsp3) is 0.756. The van der Waals surface area contributed by atoms with Crippen LogP contribution >= 0.6 is 0 Å². The van der Waals surface area contributed by atoms with Crippen molar-refractivity contribution in [3.05, 3.63) is 0 Å². The molecule has 0 aliphatic heterocycles. The molecule has 0 aliphatic rings. The number of aliphatic hydroxyl groups excluding tert-OH is 1. The second-order valence-corrected chi connectivity index (χ2v) is 17.2. The van der Waals surface area contributed by atoms with E-state index in [0.29, 0.717) is 12.8 Å². The summed E-state index contributed by atoms with van der Waals surface area (Å²) < 4.78 is 0. The molecular weight excluding hydrogens is 825 g/mol. The Balaban J connectivity index is 6.00. The summed E-state index contributed by atoms with van der Waals surface area (Å²) in [6, 6.07) is -10.1. The van der Waals surface area contributed by atoms with E-state index < -0.39 is 139 Å². The quantitative estimate of drug-likeness (QED) is 0.0374. The molecule has 0 aliphatic carbocycles. The summed E-state index contributed by atoms with van der Waals surface area (Å²) in [5.74, 6) is -10.2. The zero-order chi connectivity index (χ0) is 48.9. The van der Waals surface area contributed by atoms with E-state index in [4.69, 9.17) is 11.5 Å². The number of amides is 9. The number of carbonyl (C=O) groups excluding carboxylic acids is 9. The van der Waals surface area contributed by atoms with Crippen LogP contribution in [0.5, 0.6) is 0 Å². The predicted molar refractivity (Wildman–Crippen MR) is 231 cm³/mol. The van der Waals surface area contributed by atoms with Crippen LogP contribution in [0.1, 0.15) is 108 Å². The Morgan fingerprint density at radius 1 is 0.524 bits per heavy atom. The van der Waals surface area contributed by atoms with Crippen LogP contribution in [0.4, 0.5) is 0 Å². The third-order valence-electron chi connectivity index (χ3n) is 10.3. The van der Waals surface area contributed by atoms with Crippen molar-refractivity contribution in [2.45, 2.75) is 157 Å². The van der Waals surface area contributed by atoms with Crippen LogP contribution in [0.25, 0.3) is 0 Å². The summed E-state index contributed by atoms with van der Waals surface area (Å²) in [5, 5.41) is 38.9. The molecule has 9 amide bonds. The van der Waals surface area contributed by atoms with Gasteiger partial charge in [0.25, 0.3) is 0 Å². The van der Waals surface area contributed by atoms with E-state index in [9.17, 15) is 58.2 Å². The fourth-order valence-corrected chi connectivity index (χ4v) is 5.95. The molecule has 0 unspecified atom stereocenters. The molecule has 0 saturated carbocycles. The number of hydrogen-bond donors (Lipinski definition) is 12. The molecule has 0 aromatic carbocycles. The van der Waals surface area contributed by atoms with Gasteiger partial charge in [0.1, 0.15) is 42.3 Å². The minimum absolute atomic E-state index is 0.0329. The van der Waals surface area contributed by atoms with Crippen molar-refractivity contribution in [3.8, 4) is 0 Å². The molecule has 22 nitrogen and oxygen atoms in total. The van der Waals surface area contributed by atoms with Crippen molar-refractivity contribution < 1.29 is 58.2 Å². The SMILES string of the molecule is CC[C@H](C)[C@H](NC(=O)[C@@H](NC(=O)[C@H](CC(C)C)NC(=O)[C@H](C)NC(=O)[C@H](CC(C)C)NC(=O)[C@H](CC(N)=O)NC(=O)CNC(=O)[C@H](CO)NC(=O)[C@@H](N)C(C)C)[C@@H](C)CC)C(=O)O. The lowest BCUT2D eigenvalue weighted by atomic mass is 9.94. The van der Waals surface area contributed by atoms with E-state index in [-0.39, 0.29) is 30.6 Å². The van der Waals surface area contributed by atoms with Gasteiger partial charge >= 0.3 is 5.97 Å². The van der Waals surface area contributed by atoms with Crippen LogP contribution in [0.3, 0.4) is 0 Å². The highest BCUT2D eigenvalue weighted by molar-refractivity contribution is 5.98. The lowest BCUT2D eigenvalue weighted by Crippen LogP contribution is -2.60. The Morgan fingerprint density at radius 3 is 1.41 bits per heavy atom. The van der Waals surface area contributed by atoms with E-state index in [1.165, 1.54) is 6.92 Å². The summed E-state index contributed by atoms with van der Waals surface area (Å²) in [4.78, 5) is 129. The molecule has 0 saturated heterocycles. The molecule has 0 spiro atoms. The van der Waals surface area contributed by atoms with E-state index in [2.05, 4.69) is 42.5 Å². The average molecular weight is 899 g/mol. The molecule has 0 heterocycles. The number of nitrogens with one attached hydrogen (secondary N) is 8. The Kier molecular flexibility index (Phi) is 25.9. The second-order valence-electron chi connectivity index (χ2n) is 17.2. The first-order chi connectivity index (χ1) is 29.2. The molecule has 0 bridgehead atoms. The van der Waals surface area contributed by atoms with Gasteiger partial charge in [0.15, 0.2) is 0 Å². The van der Waals surface area contributed by atoms with Gasteiger partial charge in [-0.2, -0.15) is 0 Å². The molecule has 63 heavy (non-hydrogen) atoms. The van der Waals surface area contributed by atoms with Gasteiger partial charge in [0, 0.05) is 0 Å². The van der Waals surface area contributed by atoms with Crippen molar-refractivity contribution in [1.29, 1.82) is 0 Å². The normalized spacial score (nSPS) is 16.1. The minimum atomic E-state index is -1.62. The first kappa shape index (κ1) is 57.6. The molecule has 0 radical (unpaired) electrons. The zero-order valence-corrected chi connectivity index (χ0v) is 38.6. The van der Waals surface area contributed by atoms with Crippen molar-refractivity contribution in [2.24, 2.45) is 41.1 Å². The molecule has 0 fully saturated rings. The second kappa shape index (κ2) is 28.3. The van der Waals surface area contributed by atoms with Crippen molar-refractivity contribution in [1.82, 2.24) is 42.5 Å². The molecule has 22 heteroatoms. The van der Waals surface area contributed by atoms with E-state index in [0.717, 1.165) is 0 Å². The molecule has 360 valence electrons. The Morgan fingerprint density at radius 2 is 0.968 bits per heavy atom. The van der Waals surface area contributed by atoms with Gasteiger partial charge in [-0.3, -0.25) is 43.2 Å². The van der Waals surface area contributed by atoms with Gasteiger partial charge in [-0.1, -0.05) is 82.1 Å². The molecule has 10 atom stereocenters. The van der Waals surface area contributed by atoms with Gasteiger partial charge in [-0.15, -0.1) is 0 Å². The lowest BCUT2D eigenvalue weighted by molar-refractivity contribution is -0.144. The average Bonchev–Trinajstić information content (AvgIpc) is 3.19. The highest BCUT2D eigenvalue weighted by Gasteiger charge is 2.35. The number of hydrogen-bond acceptors (Lipinski definition) is 12. The topological polar surface area (TPSA) is 359 Å². The summed E-state index contributed by atoms with van der Waals surface area (Å²) in [6.07, 6.45) is 0.384. The summed E-state index contributed by atoms with van der Waals surface area (Å²) in [7, 11) is 0. The van der Waals surface area contributed by atoms with Crippen LogP contribution in [0.2, 0.25) is 0 Å². The van der Waals surface area contributed by atoms with E-state index in [1.54, 1.807) is 55.4 Å². The van der Waals surface area contributed by atoms with Gasteiger partial charge in [0.2, 0.25) is 53.2 Å². The van der Waals surface area contributed by atoms with E-state index in [1.807, 2.05) is 13.8 Å². The predicted octanol–water partition coefficient (Wildman–Crippen LogP) is -2.36. The van der Waals surface area contributed by atoms with Crippen LogP contribution < -0.4 is 54.0 Å². The third kappa shape index (κ3) is 21.0. The van der Waals surface area contributed by atoms with Crippen LogP contribution in [0, 0.1) is 29.6 Å². The number of nitrogens with two attached hydrogens (primary N) is 2. The van der Waals surface area contributed by atoms with E-state index >= 15 is 0 Å². The summed E-state index contributed by atoms with van der Waals surface area (Å²) in [5.41, 5.74) is 11.1. The maximum atomic E-state index is 13.7. The van der Waals surface area contributed by atoms with Crippen molar-refractivity contribution >= 4 is 59.1 Å². The van der Waals surface area contributed by atoms with Crippen LogP contribution in [-0.4, -0.2) is 131 Å². The third-order valence-corrected chi connectivity index (χ3v) is 10.3. The number of carbonyl (C=O) groups is 10. The molecule has 0 aromatic heterocycles. The zero-order valence-electron chi connectivity index (χ0n) is 38.6. The largest absolute Gasteiger partial charge is 0.480 e. The Hall–Kier alpha value is -5.38. The summed E-state index contributed by atoms with van der Waals surface area (Å²) >= 11 is 0. The summed E-state index contributed by atoms with van der Waals surface area (Å²) in [6.45, 7) is 17.2. The van der Waals surface area contributed by atoms with Gasteiger partial charge in [-0.05, 0) is 49.4 Å². The molecule has 0 rings (SSSR count). The number of carboxylic acids is 1. The Labute approximate surface area is 370 Å². The maximum absolute atomic E-state index is 13.7. The minimum Gasteiger partial charge on any atom is -0.480 e. The molecular formula is C41H74N10O12. The first-order valence-corrected chi connectivity index (χ1v) is 21.5. The number of primary amides is 1. The van der Waals surface area contributed by atoms with Crippen molar-refractivity contribution in [3.63, 3.8) is 0 Å².